The smallest absolute Gasteiger partial charge is 0.220 e. The Bertz CT molecular complexity index is 264. The van der Waals surface area contributed by atoms with Crippen LogP contribution in [0.1, 0.15) is 46.5 Å². The van der Waals surface area contributed by atoms with Crippen molar-refractivity contribution in [2.75, 3.05) is 24.8 Å². The molecule has 0 aliphatic heterocycles. The first-order valence-corrected chi connectivity index (χ1v) is 9.30. The number of hydrogen-bond acceptors (Lipinski definition) is 4. The van der Waals surface area contributed by atoms with E-state index in [9.17, 15) is 13.2 Å². The maximum absolute atomic E-state index is 11.1. The zero-order valence-electron chi connectivity index (χ0n) is 12.3. The largest absolute Gasteiger partial charge is 0.355 e. The van der Waals surface area contributed by atoms with Crippen LogP contribution in [0.5, 0.6) is 0 Å². The second-order valence-electron chi connectivity index (χ2n) is 3.44. The molecule has 0 aromatic carbocycles. The summed E-state index contributed by atoms with van der Waals surface area (Å²) in [6, 6.07) is 0. The van der Waals surface area contributed by atoms with Crippen molar-refractivity contribution in [1.82, 2.24) is 5.32 Å². The van der Waals surface area contributed by atoms with Gasteiger partial charge < -0.3 is 5.32 Å². The molecule has 0 unspecified atom stereocenters. The van der Waals surface area contributed by atoms with Gasteiger partial charge in [-0.2, -0.15) is 12.6 Å². The molecule has 112 valence electrons. The number of rotatable bonds is 7. The van der Waals surface area contributed by atoms with Crippen LogP contribution in [-0.4, -0.2) is 39.1 Å². The lowest BCUT2D eigenvalue weighted by Gasteiger charge is -2.03. The van der Waals surface area contributed by atoms with E-state index in [0.29, 0.717) is 6.42 Å². The van der Waals surface area contributed by atoms with Crippen molar-refractivity contribution in [3.05, 3.63) is 0 Å². The molecular weight excluding hydrogens is 270 g/mol. The zero-order chi connectivity index (χ0) is 15.0. The fraction of sp³-hybridized carbons (Fsp3) is 0.917. The fourth-order valence-electron chi connectivity index (χ4n) is 1.000. The molecule has 0 spiro atoms. The molecule has 0 bridgehead atoms. The Morgan fingerprint density at radius 1 is 1.17 bits per heavy atom. The summed E-state index contributed by atoms with van der Waals surface area (Å²) >= 11 is 3.53. The molecule has 0 atom stereocenters. The highest BCUT2D eigenvalue weighted by molar-refractivity contribution is 7.90. The third kappa shape index (κ3) is 24.8. The van der Waals surface area contributed by atoms with Gasteiger partial charge in [0.1, 0.15) is 9.84 Å². The highest BCUT2D eigenvalue weighted by Gasteiger charge is 2.04. The van der Waals surface area contributed by atoms with Crippen LogP contribution in [0.2, 0.25) is 0 Å². The van der Waals surface area contributed by atoms with Crippen molar-refractivity contribution in [3.63, 3.8) is 0 Å². The highest BCUT2D eigenvalue weighted by Crippen LogP contribution is 1.97. The molecule has 0 aliphatic rings. The summed E-state index contributed by atoms with van der Waals surface area (Å²) in [5.74, 6) is -0.0333. The Kier molecular flexibility index (Phi) is 21.3. The lowest BCUT2D eigenvalue weighted by Crippen LogP contribution is -2.28. The predicted octanol–water partition coefficient (Wildman–Crippen LogP) is 2.30. The van der Waals surface area contributed by atoms with Gasteiger partial charge in [0.25, 0.3) is 0 Å². The maximum atomic E-state index is 11.1. The van der Waals surface area contributed by atoms with E-state index in [1.165, 1.54) is 0 Å². The van der Waals surface area contributed by atoms with E-state index in [2.05, 4.69) is 24.9 Å². The van der Waals surface area contributed by atoms with Gasteiger partial charge in [0.15, 0.2) is 0 Å². The molecule has 18 heavy (non-hydrogen) atoms. The SMILES string of the molecule is CC.CCCCCC(=O)NCCS(C)(=O)=O.CS. The first-order valence-electron chi connectivity index (χ1n) is 6.35. The van der Waals surface area contributed by atoms with Gasteiger partial charge in [-0.3, -0.25) is 4.79 Å². The van der Waals surface area contributed by atoms with Crippen LogP contribution in [0.15, 0.2) is 0 Å². The molecule has 1 N–H and O–H groups in total. The Labute approximate surface area is 118 Å². The minimum absolute atomic E-state index is 0.0204. The number of thiol groups is 1. The molecule has 0 radical (unpaired) electrons. The molecule has 0 aliphatic carbocycles. The molecule has 0 heterocycles. The van der Waals surface area contributed by atoms with Crippen molar-refractivity contribution < 1.29 is 13.2 Å². The molecule has 1 amide bonds. The Balaban J connectivity index is -0.000000506. The lowest BCUT2D eigenvalue weighted by molar-refractivity contribution is -0.121. The molecule has 0 aromatic rings. The van der Waals surface area contributed by atoms with Crippen molar-refractivity contribution >= 4 is 28.4 Å². The minimum atomic E-state index is -2.96. The molecule has 4 nitrogen and oxygen atoms in total. The Morgan fingerprint density at radius 2 is 1.67 bits per heavy atom. The topological polar surface area (TPSA) is 63.2 Å². The monoisotopic (exact) mass is 299 g/mol. The molecule has 0 aromatic heterocycles. The maximum Gasteiger partial charge on any atom is 0.220 e. The van der Waals surface area contributed by atoms with E-state index in [-0.39, 0.29) is 18.2 Å². The first-order chi connectivity index (χ1) is 8.45. The van der Waals surface area contributed by atoms with Gasteiger partial charge in [0.05, 0.1) is 5.75 Å². The highest BCUT2D eigenvalue weighted by atomic mass is 32.2. The van der Waals surface area contributed by atoms with Crippen molar-refractivity contribution in [1.29, 1.82) is 0 Å². The van der Waals surface area contributed by atoms with Gasteiger partial charge in [-0.15, -0.1) is 0 Å². The third-order valence-corrected chi connectivity index (χ3v) is 2.75. The van der Waals surface area contributed by atoms with Crippen molar-refractivity contribution in [3.8, 4) is 0 Å². The Morgan fingerprint density at radius 3 is 2.06 bits per heavy atom. The van der Waals surface area contributed by atoms with E-state index in [1.807, 2.05) is 13.8 Å². The zero-order valence-corrected chi connectivity index (χ0v) is 14.0. The summed E-state index contributed by atoms with van der Waals surface area (Å²) in [6.45, 7) is 6.30. The van der Waals surface area contributed by atoms with Gasteiger partial charge >= 0.3 is 0 Å². The van der Waals surface area contributed by atoms with E-state index >= 15 is 0 Å². The molecule has 6 heteroatoms. The molecule has 0 rings (SSSR count). The normalized spacial score (nSPS) is 9.44. The summed E-state index contributed by atoms with van der Waals surface area (Å²) in [6.07, 6.45) is 6.35. The lowest BCUT2D eigenvalue weighted by atomic mass is 10.2. The van der Waals surface area contributed by atoms with E-state index < -0.39 is 9.84 Å². The molecule has 0 saturated heterocycles. The summed E-state index contributed by atoms with van der Waals surface area (Å²) in [7, 11) is -2.96. The quantitative estimate of drug-likeness (QED) is 0.560. The van der Waals surface area contributed by atoms with Crippen LogP contribution in [-0.2, 0) is 14.6 Å². The van der Waals surface area contributed by atoms with Crippen LogP contribution >= 0.6 is 12.6 Å². The third-order valence-electron chi connectivity index (χ3n) is 1.80. The van der Waals surface area contributed by atoms with Crippen LogP contribution in [0.25, 0.3) is 0 Å². The predicted molar refractivity (Wildman–Crippen MR) is 83.1 cm³/mol. The fourth-order valence-corrected chi connectivity index (χ4v) is 1.47. The molecule has 0 fully saturated rings. The van der Waals surface area contributed by atoms with Gasteiger partial charge in [-0.1, -0.05) is 33.6 Å². The van der Waals surface area contributed by atoms with Crippen molar-refractivity contribution in [2.24, 2.45) is 0 Å². The van der Waals surface area contributed by atoms with Gasteiger partial charge in [0, 0.05) is 19.2 Å². The van der Waals surface area contributed by atoms with E-state index in [4.69, 9.17) is 0 Å². The summed E-state index contributed by atoms with van der Waals surface area (Å²) in [4.78, 5) is 11.1. The summed E-state index contributed by atoms with van der Waals surface area (Å²) in [5, 5.41) is 2.58. The average molecular weight is 300 g/mol. The number of amides is 1. The second-order valence-corrected chi connectivity index (χ2v) is 5.70. The van der Waals surface area contributed by atoms with Gasteiger partial charge in [-0.25, -0.2) is 8.42 Å². The van der Waals surface area contributed by atoms with E-state index in [1.54, 1.807) is 6.26 Å². The number of unbranched alkanes of at least 4 members (excludes halogenated alkanes) is 2. The van der Waals surface area contributed by atoms with Crippen LogP contribution < -0.4 is 5.32 Å². The van der Waals surface area contributed by atoms with Gasteiger partial charge in [-0.05, 0) is 12.7 Å². The van der Waals surface area contributed by atoms with Crippen molar-refractivity contribution in [2.45, 2.75) is 46.5 Å². The van der Waals surface area contributed by atoms with E-state index in [0.717, 1.165) is 25.5 Å². The number of hydrogen-bond donors (Lipinski definition) is 2. The molecular formula is C12H29NO3S2. The standard InChI is InChI=1S/C9H19NO3S.C2H6.CH4S/c1-3-4-5-6-9(11)10-7-8-14(2,12)13;2*1-2/h3-8H2,1-2H3,(H,10,11);1-2H3;2H,1H3. The number of carbonyl (C=O) groups is 1. The summed E-state index contributed by atoms with van der Waals surface area (Å²) in [5.41, 5.74) is 0. The van der Waals surface area contributed by atoms with Gasteiger partial charge in [0.2, 0.25) is 5.91 Å². The minimum Gasteiger partial charge on any atom is -0.355 e. The Hall–Kier alpha value is -0.230. The molecule has 0 saturated carbocycles. The number of carbonyl (C=O) groups excluding carboxylic acids is 1. The number of sulfone groups is 1. The second kappa shape index (κ2) is 16.8. The first kappa shape index (κ1) is 22.9. The van der Waals surface area contributed by atoms with Crippen LogP contribution in [0.4, 0.5) is 0 Å². The summed E-state index contributed by atoms with van der Waals surface area (Å²) < 4.78 is 21.4. The number of nitrogens with one attached hydrogen (secondary N) is 1. The average Bonchev–Trinajstić information content (AvgIpc) is 2.33. The van der Waals surface area contributed by atoms with Crippen LogP contribution in [0, 0.1) is 0 Å². The van der Waals surface area contributed by atoms with Crippen LogP contribution in [0.3, 0.4) is 0 Å².